The molecule has 0 aromatic heterocycles. The average molecular weight is 412 g/mol. The second-order valence-electron chi connectivity index (χ2n) is 10.9. The Hall–Kier alpha value is -1.37. The van der Waals surface area contributed by atoms with Crippen LogP contribution in [0.5, 0.6) is 0 Å². The van der Waals surface area contributed by atoms with Gasteiger partial charge >= 0.3 is 7.12 Å². The third-order valence-electron chi connectivity index (χ3n) is 7.99. The van der Waals surface area contributed by atoms with Gasteiger partial charge in [0.2, 0.25) is 5.91 Å². The van der Waals surface area contributed by atoms with E-state index in [-0.39, 0.29) is 23.6 Å². The van der Waals surface area contributed by atoms with E-state index in [2.05, 4.69) is 39.9 Å². The number of rotatable bonds is 7. The first-order chi connectivity index (χ1) is 14.1. The van der Waals surface area contributed by atoms with Gasteiger partial charge in [0.05, 0.1) is 23.7 Å². The van der Waals surface area contributed by atoms with E-state index in [0.29, 0.717) is 29.6 Å². The van der Waals surface area contributed by atoms with Gasteiger partial charge in [-0.1, -0.05) is 58.0 Å². The standard InChI is InChI=1S/C24H37BN2O3/c1-15(2)11-21(27-22(28)18(26)12-16-9-7-6-8-10-16)25-29-20-14-17-13-19(23(17,3)4)24(20,5)30-25/h6-10,15,17-21H,11-14,26H2,1-5H3,(H,27,28)/t17?,18?,19-,20+,21?,24-/m0/s1. The molecule has 1 saturated heterocycles. The number of benzene rings is 1. The van der Waals surface area contributed by atoms with Crippen LogP contribution in [0.2, 0.25) is 0 Å². The lowest BCUT2D eigenvalue weighted by molar-refractivity contribution is -0.199. The highest BCUT2D eigenvalue weighted by Crippen LogP contribution is 2.65. The van der Waals surface area contributed by atoms with Crippen LogP contribution < -0.4 is 11.1 Å². The molecule has 0 radical (unpaired) electrons. The van der Waals surface area contributed by atoms with Crippen molar-refractivity contribution < 1.29 is 14.1 Å². The molecule has 3 saturated carbocycles. The number of carbonyl (C=O) groups excluding carboxylic acids is 1. The molecule has 3 N–H and O–H groups in total. The number of nitrogens with one attached hydrogen (secondary N) is 1. The van der Waals surface area contributed by atoms with Crippen LogP contribution in [-0.2, 0) is 20.5 Å². The third-order valence-corrected chi connectivity index (χ3v) is 7.99. The van der Waals surface area contributed by atoms with Crippen LogP contribution in [0.1, 0.15) is 59.4 Å². The van der Waals surface area contributed by atoms with Crippen molar-refractivity contribution in [1.82, 2.24) is 5.32 Å². The van der Waals surface area contributed by atoms with E-state index in [1.807, 2.05) is 30.3 Å². The van der Waals surface area contributed by atoms with Crippen molar-refractivity contribution in [2.75, 3.05) is 0 Å². The van der Waals surface area contributed by atoms with Crippen LogP contribution in [-0.4, -0.2) is 36.7 Å². The number of hydrogen-bond donors (Lipinski definition) is 2. The topological polar surface area (TPSA) is 73.6 Å². The van der Waals surface area contributed by atoms with E-state index in [0.717, 1.165) is 18.4 Å². The largest absolute Gasteiger partial charge is 0.481 e. The molecule has 1 aliphatic heterocycles. The van der Waals surface area contributed by atoms with Gasteiger partial charge in [-0.05, 0) is 61.3 Å². The van der Waals surface area contributed by atoms with Crippen LogP contribution in [0.4, 0.5) is 0 Å². The van der Waals surface area contributed by atoms with Crippen LogP contribution in [0.25, 0.3) is 0 Å². The lowest BCUT2D eigenvalue weighted by Gasteiger charge is -2.64. The molecule has 2 bridgehead atoms. The van der Waals surface area contributed by atoms with E-state index >= 15 is 0 Å². The van der Waals surface area contributed by atoms with Gasteiger partial charge in [0.25, 0.3) is 0 Å². The summed E-state index contributed by atoms with van der Waals surface area (Å²) in [6.45, 7) is 11.3. The van der Waals surface area contributed by atoms with Crippen LogP contribution in [0, 0.1) is 23.2 Å². The summed E-state index contributed by atoms with van der Waals surface area (Å²) in [6.07, 6.45) is 3.70. The minimum atomic E-state index is -0.590. The number of amides is 1. The third kappa shape index (κ3) is 3.83. The maximum atomic E-state index is 12.9. The van der Waals surface area contributed by atoms with Gasteiger partial charge < -0.3 is 20.4 Å². The highest BCUT2D eigenvalue weighted by Gasteiger charge is 2.68. The van der Waals surface area contributed by atoms with Crippen molar-refractivity contribution >= 4 is 13.0 Å². The number of nitrogens with two attached hydrogens (primary N) is 1. The number of carbonyl (C=O) groups is 1. The van der Waals surface area contributed by atoms with Crippen molar-refractivity contribution in [3.05, 3.63) is 35.9 Å². The minimum absolute atomic E-state index is 0.115. The van der Waals surface area contributed by atoms with Gasteiger partial charge in [-0.3, -0.25) is 4.79 Å². The molecule has 6 heteroatoms. The Morgan fingerprint density at radius 3 is 2.57 bits per heavy atom. The summed E-state index contributed by atoms with van der Waals surface area (Å²) in [5.74, 6) is 1.30. The van der Waals surface area contributed by atoms with Gasteiger partial charge in [0, 0.05) is 0 Å². The summed E-state index contributed by atoms with van der Waals surface area (Å²) in [4.78, 5) is 12.9. The van der Waals surface area contributed by atoms with E-state index in [4.69, 9.17) is 15.0 Å². The van der Waals surface area contributed by atoms with Gasteiger partial charge in [0.1, 0.15) is 0 Å². The zero-order valence-electron chi connectivity index (χ0n) is 19.1. The van der Waals surface area contributed by atoms with Crippen LogP contribution in [0.3, 0.4) is 0 Å². The minimum Gasteiger partial charge on any atom is -0.404 e. The zero-order valence-corrected chi connectivity index (χ0v) is 19.1. The molecule has 3 unspecified atom stereocenters. The summed E-state index contributed by atoms with van der Waals surface area (Å²) >= 11 is 0. The van der Waals surface area contributed by atoms with Gasteiger partial charge in [0.15, 0.2) is 0 Å². The van der Waals surface area contributed by atoms with Crippen molar-refractivity contribution in [3.63, 3.8) is 0 Å². The maximum Gasteiger partial charge on any atom is 0.481 e. The summed E-state index contributed by atoms with van der Waals surface area (Å²) in [5, 5.41) is 3.17. The fraction of sp³-hybridized carbons (Fsp3) is 0.708. The monoisotopic (exact) mass is 412 g/mol. The molecule has 1 amide bonds. The lowest BCUT2D eigenvalue weighted by Crippen LogP contribution is -2.65. The summed E-state index contributed by atoms with van der Waals surface area (Å²) in [7, 11) is -0.412. The molecule has 0 spiro atoms. The highest BCUT2D eigenvalue weighted by molar-refractivity contribution is 6.47. The molecule has 1 aromatic carbocycles. The summed E-state index contributed by atoms with van der Waals surface area (Å²) in [6, 6.07) is 9.32. The maximum absolute atomic E-state index is 12.9. The Morgan fingerprint density at radius 2 is 1.93 bits per heavy atom. The molecule has 5 rings (SSSR count). The fourth-order valence-electron chi connectivity index (χ4n) is 6.07. The Labute approximate surface area is 181 Å². The predicted molar refractivity (Wildman–Crippen MR) is 120 cm³/mol. The zero-order chi connectivity index (χ0) is 21.7. The molecule has 3 aliphatic carbocycles. The van der Waals surface area contributed by atoms with E-state index in [9.17, 15) is 4.79 Å². The van der Waals surface area contributed by atoms with Crippen LogP contribution >= 0.6 is 0 Å². The highest BCUT2D eigenvalue weighted by atomic mass is 16.7. The predicted octanol–water partition coefficient (Wildman–Crippen LogP) is 3.35. The first-order valence-corrected chi connectivity index (χ1v) is 11.5. The van der Waals surface area contributed by atoms with Gasteiger partial charge in [-0.2, -0.15) is 0 Å². The van der Waals surface area contributed by atoms with Gasteiger partial charge in [-0.15, -0.1) is 0 Å². The summed E-state index contributed by atoms with van der Waals surface area (Å²) in [5.41, 5.74) is 7.34. The van der Waals surface area contributed by atoms with E-state index in [1.165, 1.54) is 6.42 Å². The molecule has 5 nitrogen and oxygen atoms in total. The SMILES string of the molecule is CC(C)CC(NC(=O)C(N)Cc1ccccc1)B1O[C@@H]2CC3C[C@@H](C3(C)C)[C@]2(C)O1. The molecular formula is C24H37BN2O3. The first kappa shape index (κ1) is 21.9. The molecule has 4 aliphatic rings. The van der Waals surface area contributed by atoms with E-state index < -0.39 is 13.2 Å². The Balaban J connectivity index is 1.44. The van der Waals surface area contributed by atoms with Crippen LogP contribution in [0.15, 0.2) is 30.3 Å². The van der Waals surface area contributed by atoms with Crippen molar-refractivity contribution in [1.29, 1.82) is 0 Å². The Morgan fingerprint density at radius 1 is 1.23 bits per heavy atom. The van der Waals surface area contributed by atoms with E-state index in [1.54, 1.807) is 0 Å². The average Bonchev–Trinajstić information content (AvgIpc) is 3.04. The second kappa shape index (κ2) is 7.96. The fourth-order valence-corrected chi connectivity index (χ4v) is 6.07. The molecule has 164 valence electrons. The molecule has 1 aromatic rings. The smallest absolute Gasteiger partial charge is 0.404 e. The first-order valence-electron chi connectivity index (χ1n) is 11.5. The molecular weight excluding hydrogens is 375 g/mol. The quantitative estimate of drug-likeness (QED) is 0.674. The summed E-state index contributed by atoms with van der Waals surface area (Å²) < 4.78 is 13.1. The van der Waals surface area contributed by atoms with Crippen molar-refractivity contribution in [2.24, 2.45) is 28.9 Å². The Bertz CT molecular complexity index is 771. The molecule has 1 heterocycles. The Kier molecular flexibility index (Phi) is 5.80. The molecule has 30 heavy (non-hydrogen) atoms. The van der Waals surface area contributed by atoms with Crippen molar-refractivity contribution in [2.45, 2.75) is 84.0 Å². The van der Waals surface area contributed by atoms with Crippen molar-refractivity contribution in [3.8, 4) is 0 Å². The second-order valence-corrected chi connectivity index (χ2v) is 10.9. The molecule has 6 atom stereocenters. The van der Waals surface area contributed by atoms with Gasteiger partial charge in [-0.25, -0.2) is 0 Å². The number of hydrogen-bond acceptors (Lipinski definition) is 4. The lowest BCUT2D eigenvalue weighted by atomic mass is 9.43. The molecule has 4 fully saturated rings. The normalized spacial score (nSPS) is 33.6.